The van der Waals surface area contributed by atoms with Gasteiger partial charge in [-0.15, -0.1) is 0 Å². The van der Waals surface area contributed by atoms with Gasteiger partial charge in [0.15, 0.2) is 5.79 Å². The monoisotopic (exact) mass is 442 g/mol. The number of rotatable bonds is 10. The van der Waals surface area contributed by atoms with Crippen molar-refractivity contribution in [1.29, 1.82) is 0 Å². The summed E-state index contributed by atoms with van der Waals surface area (Å²) in [5.74, 6) is 0.176. The van der Waals surface area contributed by atoms with E-state index in [0.717, 1.165) is 25.7 Å². The highest BCUT2D eigenvalue weighted by molar-refractivity contribution is 5.90. The normalized spacial score (nSPS) is 29.2. The van der Waals surface area contributed by atoms with Gasteiger partial charge in [0.1, 0.15) is 11.9 Å². The predicted octanol–water partition coefficient (Wildman–Crippen LogP) is 5.57. The quantitative estimate of drug-likeness (QED) is 0.350. The first kappa shape index (κ1) is 23.4. The summed E-state index contributed by atoms with van der Waals surface area (Å²) in [5.41, 5.74) is 0.541. The standard InChI is InChI=1S/C27H38O5/c1-3-4-6-9-19(2)12-13-23(28)25-22-18-27(30-14-15-31-27)17-21(22)16-24(25)32-26(29)20-10-7-5-8-11-20/h5,7-8,10-11,19,21-22,24-25H,3-4,6,9,12-18H2,1-2H3/t19?,21-,22+,24-,25+/m1/s1. The molecule has 1 aromatic rings. The average Bonchev–Trinajstić information content (AvgIpc) is 3.47. The van der Waals surface area contributed by atoms with Crippen molar-refractivity contribution in [2.45, 2.75) is 83.5 Å². The molecule has 3 aliphatic rings. The first-order valence-electron chi connectivity index (χ1n) is 12.6. The molecule has 0 bridgehead atoms. The molecule has 0 amide bonds. The number of unbranched alkanes of at least 4 members (excludes halogenated alkanes) is 2. The molecule has 0 radical (unpaired) electrons. The van der Waals surface area contributed by atoms with Crippen molar-refractivity contribution in [2.24, 2.45) is 23.7 Å². The number of Topliss-reactive ketones (excluding diaryl/α,β-unsaturated/α-hetero) is 1. The Morgan fingerprint density at radius 1 is 1.09 bits per heavy atom. The molecular formula is C27H38O5. The van der Waals surface area contributed by atoms with E-state index in [-0.39, 0.29) is 29.7 Å². The van der Waals surface area contributed by atoms with E-state index in [1.807, 2.05) is 18.2 Å². The minimum atomic E-state index is -0.518. The second kappa shape index (κ2) is 10.5. The fraction of sp³-hybridized carbons (Fsp3) is 0.704. The largest absolute Gasteiger partial charge is 0.458 e. The Kier molecular flexibility index (Phi) is 7.67. The van der Waals surface area contributed by atoms with Crippen LogP contribution in [0.3, 0.4) is 0 Å². The number of hydrogen-bond acceptors (Lipinski definition) is 5. The molecule has 5 atom stereocenters. The molecule has 3 fully saturated rings. The third kappa shape index (κ3) is 5.26. The fourth-order valence-electron chi connectivity index (χ4n) is 6.08. The maximum absolute atomic E-state index is 13.5. The van der Waals surface area contributed by atoms with Gasteiger partial charge in [0, 0.05) is 19.3 Å². The van der Waals surface area contributed by atoms with Gasteiger partial charge in [-0.3, -0.25) is 4.79 Å². The van der Waals surface area contributed by atoms with E-state index in [1.54, 1.807) is 12.1 Å². The minimum absolute atomic E-state index is 0.171. The highest BCUT2D eigenvalue weighted by Gasteiger charge is 2.59. The van der Waals surface area contributed by atoms with Crippen molar-refractivity contribution >= 4 is 11.8 Å². The summed E-state index contributed by atoms with van der Waals surface area (Å²) in [5, 5.41) is 0. The zero-order valence-corrected chi connectivity index (χ0v) is 19.6. The molecular weight excluding hydrogens is 404 g/mol. The molecule has 2 aliphatic carbocycles. The Bertz CT molecular complexity index is 770. The topological polar surface area (TPSA) is 61.8 Å². The molecule has 0 N–H and O–H groups in total. The van der Waals surface area contributed by atoms with E-state index in [4.69, 9.17) is 14.2 Å². The van der Waals surface area contributed by atoms with Gasteiger partial charge in [0.05, 0.1) is 24.7 Å². The summed E-state index contributed by atoms with van der Waals surface area (Å²) >= 11 is 0. The maximum atomic E-state index is 13.5. The summed E-state index contributed by atoms with van der Waals surface area (Å²) in [4.78, 5) is 26.2. The number of esters is 1. The molecule has 1 heterocycles. The van der Waals surface area contributed by atoms with E-state index in [2.05, 4.69) is 13.8 Å². The molecule has 176 valence electrons. The molecule has 0 aromatic heterocycles. The zero-order chi connectivity index (χ0) is 22.6. The Hall–Kier alpha value is -1.72. The molecule has 32 heavy (non-hydrogen) atoms. The molecule has 2 saturated carbocycles. The lowest BCUT2D eigenvalue weighted by Crippen LogP contribution is -2.35. The third-order valence-electron chi connectivity index (χ3n) is 7.76. The van der Waals surface area contributed by atoms with Gasteiger partial charge in [-0.1, -0.05) is 57.7 Å². The minimum Gasteiger partial charge on any atom is -0.458 e. The Morgan fingerprint density at radius 3 is 2.56 bits per heavy atom. The van der Waals surface area contributed by atoms with Gasteiger partial charge >= 0.3 is 5.97 Å². The van der Waals surface area contributed by atoms with Crippen LogP contribution in [-0.4, -0.2) is 36.9 Å². The summed E-state index contributed by atoms with van der Waals surface area (Å²) in [6.45, 7) is 5.71. The van der Waals surface area contributed by atoms with Gasteiger partial charge in [-0.2, -0.15) is 0 Å². The van der Waals surface area contributed by atoms with Crippen LogP contribution < -0.4 is 0 Å². The van der Waals surface area contributed by atoms with Crippen LogP contribution in [0, 0.1) is 23.7 Å². The number of hydrogen-bond donors (Lipinski definition) is 0. The van der Waals surface area contributed by atoms with Gasteiger partial charge in [0.25, 0.3) is 0 Å². The van der Waals surface area contributed by atoms with Crippen molar-refractivity contribution in [3.63, 3.8) is 0 Å². The first-order valence-corrected chi connectivity index (χ1v) is 12.6. The summed E-state index contributed by atoms with van der Waals surface area (Å²) in [6, 6.07) is 9.08. The van der Waals surface area contributed by atoms with Crippen molar-refractivity contribution in [2.75, 3.05) is 13.2 Å². The van der Waals surface area contributed by atoms with Crippen molar-refractivity contribution in [3.8, 4) is 0 Å². The van der Waals surface area contributed by atoms with E-state index >= 15 is 0 Å². The van der Waals surface area contributed by atoms with Crippen LogP contribution in [0.15, 0.2) is 30.3 Å². The third-order valence-corrected chi connectivity index (χ3v) is 7.76. The van der Waals surface area contributed by atoms with Gasteiger partial charge in [-0.05, 0) is 42.7 Å². The van der Waals surface area contributed by atoms with Crippen LogP contribution in [0.25, 0.3) is 0 Å². The van der Waals surface area contributed by atoms with E-state index in [1.165, 1.54) is 25.7 Å². The van der Waals surface area contributed by atoms with Crippen LogP contribution in [0.4, 0.5) is 0 Å². The number of fused-ring (bicyclic) bond motifs is 1. The number of carbonyl (C=O) groups excluding carboxylic acids is 2. The van der Waals surface area contributed by atoms with Gasteiger partial charge < -0.3 is 14.2 Å². The Morgan fingerprint density at radius 2 is 1.84 bits per heavy atom. The van der Waals surface area contributed by atoms with Gasteiger partial charge in [0.2, 0.25) is 0 Å². The van der Waals surface area contributed by atoms with Crippen molar-refractivity contribution in [1.82, 2.24) is 0 Å². The second-order valence-electron chi connectivity index (χ2n) is 10.1. The molecule has 1 spiro atoms. The second-order valence-corrected chi connectivity index (χ2v) is 10.1. The fourth-order valence-corrected chi connectivity index (χ4v) is 6.08. The van der Waals surface area contributed by atoms with Crippen molar-refractivity contribution < 1.29 is 23.8 Å². The number of ether oxygens (including phenoxy) is 3. The number of ketones is 1. The molecule has 1 unspecified atom stereocenters. The molecule has 1 aliphatic heterocycles. The highest BCUT2D eigenvalue weighted by Crippen LogP contribution is 2.55. The lowest BCUT2D eigenvalue weighted by Gasteiger charge is -2.27. The summed E-state index contributed by atoms with van der Waals surface area (Å²) in [6.07, 6.45) is 8.27. The van der Waals surface area contributed by atoms with E-state index in [0.29, 0.717) is 37.0 Å². The summed E-state index contributed by atoms with van der Waals surface area (Å²) in [7, 11) is 0. The molecule has 5 heteroatoms. The molecule has 4 rings (SSSR count). The Labute approximate surface area is 192 Å². The van der Waals surface area contributed by atoms with Crippen LogP contribution in [0.2, 0.25) is 0 Å². The summed E-state index contributed by atoms with van der Waals surface area (Å²) < 4.78 is 17.9. The highest BCUT2D eigenvalue weighted by atomic mass is 16.7. The van der Waals surface area contributed by atoms with E-state index in [9.17, 15) is 9.59 Å². The lowest BCUT2D eigenvalue weighted by molar-refractivity contribution is -0.159. The van der Waals surface area contributed by atoms with Crippen LogP contribution >= 0.6 is 0 Å². The Balaban J connectivity index is 1.42. The maximum Gasteiger partial charge on any atom is 0.338 e. The van der Waals surface area contributed by atoms with Crippen LogP contribution in [0.5, 0.6) is 0 Å². The van der Waals surface area contributed by atoms with Gasteiger partial charge in [-0.25, -0.2) is 4.79 Å². The molecule has 1 saturated heterocycles. The molecule has 1 aromatic carbocycles. The number of benzene rings is 1. The van der Waals surface area contributed by atoms with Crippen LogP contribution in [-0.2, 0) is 19.0 Å². The molecule has 5 nitrogen and oxygen atoms in total. The number of carbonyl (C=O) groups is 2. The smallest absolute Gasteiger partial charge is 0.338 e. The SMILES string of the molecule is CCCCCC(C)CCC(=O)[C@@H]1[C@H]2CC3(C[C@H]2C[C@H]1OC(=O)c1ccccc1)OCCO3. The van der Waals surface area contributed by atoms with E-state index < -0.39 is 5.79 Å². The first-order chi connectivity index (χ1) is 15.5. The predicted molar refractivity (Wildman–Crippen MR) is 122 cm³/mol. The average molecular weight is 443 g/mol. The van der Waals surface area contributed by atoms with Crippen molar-refractivity contribution in [3.05, 3.63) is 35.9 Å². The zero-order valence-electron chi connectivity index (χ0n) is 19.6. The lowest BCUT2D eigenvalue weighted by atomic mass is 9.84. The van der Waals surface area contributed by atoms with Crippen LogP contribution in [0.1, 0.15) is 82.0 Å².